The fourth-order valence-corrected chi connectivity index (χ4v) is 2.86. The summed E-state index contributed by atoms with van der Waals surface area (Å²) < 4.78 is 6.64. The molecule has 0 spiro atoms. The summed E-state index contributed by atoms with van der Waals surface area (Å²) in [5.74, 6) is -0.344. The minimum atomic E-state index is -0.344. The molecule has 122 valence electrons. The third-order valence-corrected chi connectivity index (χ3v) is 4.13. The molecule has 0 bridgehead atoms. The highest BCUT2D eigenvalue weighted by Gasteiger charge is 2.08. The SMILES string of the molecule is COC(=O)c1ccc(Cn2cnc(-c3ccc(Cl)cc3Cl)c2)cc1. The second-order valence-electron chi connectivity index (χ2n) is 5.24. The molecule has 0 saturated carbocycles. The summed E-state index contributed by atoms with van der Waals surface area (Å²) in [6, 6.07) is 12.6. The lowest BCUT2D eigenvalue weighted by Crippen LogP contribution is -2.02. The first kappa shape index (κ1) is 16.6. The topological polar surface area (TPSA) is 44.1 Å². The molecule has 0 fully saturated rings. The molecule has 2 aromatic carbocycles. The molecule has 0 N–H and O–H groups in total. The molecule has 3 rings (SSSR count). The largest absolute Gasteiger partial charge is 0.465 e. The van der Waals surface area contributed by atoms with E-state index in [9.17, 15) is 4.79 Å². The lowest BCUT2D eigenvalue weighted by molar-refractivity contribution is 0.0600. The molecule has 0 aliphatic carbocycles. The molecular weight excluding hydrogens is 347 g/mol. The van der Waals surface area contributed by atoms with E-state index < -0.39 is 0 Å². The quantitative estimate of drug-likeness (QED) is 0.633. The Morgan fingerprint density at radius 1 is 1.17 bits per heavy atom. The Morgan fingerprint density at radius 2 is 1.92 bits per heavy atom. The van der Waals surface area contributed by atoms with Gasteiger partial charge in [-0.05, 0) is 35.9 Å². The molecular formula is C18H14Cl2N2O2. The Morgan fingerprint density at radius 3 is 2.58 bits per heavy atom. The van der Waals surface area contributed by atoms with Crippen molar-refractivity contribution >= 4 is 29.2 Å². The van der Waals surface area contributed by atoms with Crippen LogP contribution in [0.25, 0.3) is 11.3 Å². The standard InChI is InChI=1S/C18H14Cl2N2O2/c1-24-18(23)13-4-2-12(3-5-13)9-22-10-17(21-11-22)15-7-6-14(19)8-16(15)20/h2-8,10-11H,9H2,1H3. The number of ether oxygens (including phenoxy) is 1. The van der Waals surface area contributed by atoms with E-state index >= 15 is 0 Å². The minimum Gasteiger partial charge on any atom is -0.465 e. The van der Waals surface area contributed by atoms with Crippen LogP contribution in [0.5, 0.6) is 0 Å². The molecule has 0 aliphatic heterocycles. The Labute approximate surface area is 149 Å². The summed E-state index contributed by atoms with van der Waals surface area (Å²) in [6.07, 6.45) is 3.66. The van der Waals surface area contributed by atoms with Gasteiger partial charge in [-0.1, -0.05) is 35.3 Å². The van der Waals surface area contributed by atoms with Crippen LogP contribution in [0.4, 0.5) is 0 Å². The second kappa shape index (κ2) is 7.07. The summed E-state index contributed by atoms with van der Waals surface area (Å²) in [6.45, 7) is 0.639. The highest BCUT2D eigenvalue weighted by molar-refractivity contribution is 6.36. The number of imidazole rings is 1. The van der Waals surface area contributed by atoms with E-state index in [0.717, 1.165) is 16.8 Å². The van der Waals surface area contributed by atoms with Crippen LogP contribution in [0.1, 0.15) is 15.9 Å². The fourth-order valence-electron chi connectivity index (χ4n) is 2.36. The highest BCUT2D eigenvalue weighted by Crippen LogP contribution is 2.29. The zero-order valence-electron chi connectivity index (χ0n) is 12.9. The van der Waals surface area contributed by atoms with E-state index in [0.29, 0.717) is 22.2 Å². The lowest BCUT2D eigenvalue weighted by Gasteiger charge is -2.04. The minimum absolute atomic E-state index is 0.344. The number of halogens is 2. The number of hydrogen-bond donors (Lipinski definition) is 0. The fraction of sp³-hybridized carbons (Fsp3) is 0.111. The number of esters is 1. The predicted molar refractivity (Wildman–Crippen MR) is 94.6 cm³/mol. The van der Waals surface area contributed by atoms with Crippen LogP contribution < -0.4 is 0 Å². The van der Waals surface area contributed by atoms with Crippen LogP contribution in [-0.2, 0) is 11.3 Å². The Hall–Kier alpha value is -2.30. The van der Waals surface area contributed by atoms with Gasteiger partial charge in [0.2, 0.25) is 0 Å². The number of carbonyl (C=O) groups is 1. The van der Waals surface area contributed by atoms with Gasteiger partial charge in [-0.3, -0.25) is 0 Å². The highest BCUT2D eigenvalue weighted by atomic mass is 35.5. The van der Waals surface area contributed by atoms with Gasteiger partial charge in [-0.15, -0.1) is 0 Å². The maximum Gasteiger partial charge on any atom is 0.337 e. The van der Waals surface area contributed by atoms with E-state index in [1.807, 2.05) is 29.0 Å². The van der Waals surface area contributed by atoms with Crippen LogP contribution in [0, 0.1) is 0 Å². The van der Waals surface area contributed by atoms with Gasteiger partial charge in [0.15, 0.2) is 0 Å². The second-order valence-corrected chi connectivity index (χ2v) is 6.09. The van der Waals surface area contributed by atoms with Crippen molar-refractivity contribution in [2.75, 3.05) is 7.11 Å². The number of benzene rings is 2. The van der Waals surface area contributed by atoms with Gasteiger partial charge in [0.05, 0.1) is 29.7 Å². The number of aromatic nitrogens is 2. The Bertz CT molecular complexity index is 873. The van der Waals surface area contributed by atoms with Crippen LogP contribution in [0.15, 0.2) is 55.0 Å². The third kappa shape index (κ3) is 3.61. The van der Waals surface area contributed by atoms with Gasteiger partial charge in [0, 0.05) is 23.3 Å². The Balaban J connectivity index is 1.77. The zero-order valence-corrected chi connectivity index (χ0v) is 14.4. The lowest BCUT2D eigenvalue weighted by atomic mass is 10.1. The zero-order chi connectivity index (χ0) is 17.1. The van der Waals surface area contributed by atoms with E-state index in [1.54, 1.807) is 30.6 Å². The van der Waals surface area contributed by atoms with Crippen molar-refractivity contribution in [2.45, 2.75) is 6.54 Å². The molecule has 0 aliphatic rings. The number of hydrogen-bond acceptors (Lipinski definition) is 3. The smallest absolute Gasteiger partial charge is 0.337 e. The molecule has 0 saturated heterocycles. The van der Waals surface area contributed by atoms with Crippen molar-refractivity contribution in [1.29, 1.82) is 0 Å². The normalized spacial score (nSPS) is 10.6. The van der Waals surface area contributed by atoms with Crippen molar-refractivity contribution in [3.63, 3.8) is 0 Å². The van der Waals surface area contributed by atoms with Crippen molar-refractivity contribution in [2.24, 2.45) is 0 Å². The molecule has 4 nitrogen and oxygen atoms in total. The summed E-state index contributed by atoms with van der Waals surface area (Å²) in [4.78, 5) is 15.8. The monoisotopic (exact) mass is 360 g/mol. The van der Waals surface area contributed by atoms with Gasteiger partial charge in [0.1, 0.15) is 0 Å². The van der Waals surface area contributed by atoms with E-state index in [4.69, 9.17) is 27.9 Å². The summed E-state index contributed by atoms with van der Waals surface area (Å²) >= 11 is 12.1. The van der Waals surface area contributed by atoms with Crippen LogP contribution in [0.2, 0.25) is 10.0 Å². The number of nitrogens with zero attached hydrogens (tertiary/aromatic N) is 2. The summed E-state index contributed by atoms with van der Waals surface area (Å²) in [7, 11) is 1.37. The third-order valence-electron chi connectivity index (χ3n) is 3.58. The first-order chi connectivity index (χ1) is 11.6. The predicted octanol–water partition coefficient (Wildman–Crippen LogP) is 4.69. The van der Waals surface area contributed by atoms with Crippen LogP contribution in [-0.4, -0.2) is 22.6 Å². The molecule has 24 heavy (non-hydrogen) atoms. The van der Waals surface area contributed by atoms with E-state index in [2.05, 4.69) is 4.98 Å². The molecule has 0 atom stereocenters. The Kier molecular flexibility index (Phi) is 4.88. The summed E-state index contributed by atoms with van der Waals surface area (Å²) in [5.41, 5.74) is 3.19. The molecule has 0 radical (unpaired) electrons. The molecule has 1 heterocycles. The molecule has 1 aromatic heterocycles. The van der Waals surface area contributed by atoms with Crippen molar-refractivity contribution < 1.29 is 9.53 Å². The van der Waals surface area contributed by atoms with Gasteiger partial charge in [0.25, 0.3) is 0 Å². The van der Waals surface area contributed by atoms with Crippen molar-refractivity contribution in [1.82, 2.24) is 9.55 Å². The van der Waals surface area contributed by atoms with Gasteiger partial charge in [-0.25, -0.2) is 9.78 Å². The van der Waals surface area contributed by atoms with Gasteiger partial charge < -0.3 is 9.30 Å². The average Bonchev–Trinajstić information content (AvgIpc) is 3.03. The molecule has 0 unspecified atom stereocenters. The van der Waals surface area contributed by atoms with Gasteiger partial charge >= 0.3 is 5.97 Å². The van der Waals surface area contributed by atoms with Crippen LogP contribution in [0.3, 0.4) is 0 Å². The number of rotatable bonds is 4. The first-order valence-electron chi connectivity index (χ1n) is 7.21. The van der Waals surface area contributed by atoms with Gasteiger partial charge in [-0.2, -0.15) is 0 Å². The number of methoxy groups -OCH3 is 1. The summed E-state index contributed by atoms with van der Waals surface area (Å²) in [5, 5.41) is 1.16. The average molecular weight is 361 g/mol. The maximum atomic E-state index is 11.4. The maximum absolute atomic E-state index is 11.4. The molecule has 3 aromatic rings. The van der Waals surface area contributed by atoms with Crippen molar-refractivity contribution in [3.05, 3.63) is 76.2 Å². The number of carbonyl (C=O) groups excluding carboxylic acids is 1. The molecule has 6 heteroatoms. The first-order valence-corrected chi connectivity index (χ1v) is 7.97. The van der Waals surface area contributed by atoms with Crippen molar-refractivity contribution in [3.8, 4) is 11.3 Å². The van der Waals surface area contributed by atoms with Crippen LogP contribution >= 0.6 is 23.2 Å². The van der Waals surface area contributed by atoms with E-state index in [1.165, 1.54) is 7.11 Å². The molecule has 0 amide bonds. The van der Waals surface area contributed by atoms with E-state index in [-0.39, 0.29) is 5.97 Å².